The van der Waals surface area contributed by atoms with Gasteiger partial charge in [-0.15, -0.1) is 30.1 Å². The van der Waals surface area contributed by atoms with Gasteiger partial charge in [0.2, 0.25) is 0 Å². The van der Waals surface area contributed by atoms with Crippen molar-refractivity contribution in [3.8, 4) is 6.07 Å². The summed E-state index contributed by atoms with van der Waals surface area (Å²) in [5.41, 5.74) is 0. The van der Waals surface area contributed by atoms with Crippen molar-refractivity contribution in [2.24, 2.45) is 0 Å². The van der Waals surface area contributed by atoms with E-state index >= 15 is 0 Å². The molecule has 0 heterocycles. The van der Waals surface area contributed by atoms with Crippen LogP contribution in [0, 0.1) is 11.3 Å². The van der Waals surface area contributed by atoms with Gasteiger partial charge < -0.3 is 0 Å². The summed E-state index contributed by atoms with van der Waals surface area (Å²) in [7, 11) is 0. The second kappa shape index (κ2) is 10.7. The first-order chi connectivity index (χ1) is 6.85. The molecule has 0 unspecified atom stereocenters. The Kier molecular flexibility index (Phi) is 10.5. The zero-order valence-corrected chi connectivity index (χ0v) is 10.3. The van der Waals surface area contributed by atoms with Gasteiger partial charge in [-0.1, -0.05) is 25.8 Å². The predicted octanol–water partition coefficient (Wildman–Crippen LogP) is 4.19. The fourth-order valence-electron chi connectivity index (χ4n) is 0.844. The van der Waals surface area contributed by atoms with E-state index in [1.54, 1.807) is 29.6 Å². The molecule has 3 heteroatoms. The molecule has 0 atom stereocenters. The van der Waals surface area contributed by atoms with Gasteiger partial charge in [-0.05, 0) is 12.2 Å². The first kappa shape index (κ1) is 13.7. The summed E-state index contributed by atoms with van der Waals surface area (Å²) in [4.78, 5) is 0. The van der Waals surface area contributed by atoms with Gasteiger partial charge in [-0.25, -0.2) is 0 Å². The standard InChI is InChI=1S/C11H17NS2/c1-3-5-6-10-14-11(7-8-12)13-9-4-2/h4,7H,2-3,5-6,9-10H2,1H3. The van der Waals surface area contributed by atoms with E-state index < -0.39 is 0 Å². The highest BCUT2D eigenvalue weighted by molar-refractivity contribution is 8.22. The first-order valence-corrected chi connectivity index (χ1v) is 6.78. The van der Waals surface area contributed by atoms with Crippen LogP contribution in [0.25, 0.3) is 0 Å². The molecule has 14 heavy (non-hydrogen) atoms. The first-order valence-electron chi connectivity index (χ1n) is 4.81. The summed E-state index contributed by atoms with van der Waals surface area (Å²) < 4.78 is 1.11. The van der Waals surface area contributed by atoms with Crippen molar-refractivity contribution in [1.82, 2.24) is 0 Å². The average molecular weight is 227 g/mol. The molecule has 0 aromatic carbocycles. The lowest BCUT2D eigenvalue weighted by Crippen LogP contribution is -1.81. The molecular weight excluding hydrogens is 210 g/mol. The lowest BCUT2D eigenvalue weighted by Gasteiger charge is -2.02. The van der Waals surface area contributed by atoms with Crippen molar-refractivity contribution >= 4 is 23.5 Å². The minimum atomic E-state index is 0.883. The third-order valence-electron chi connectivity index (χ3n) is 1.52. The number of allylic oxidation sites excluding steroid dienone is 1. The highest BCUT2D eigenvalue weighted by Gasteiger charge is 1.97. The van der Waals surface area contributed by atoms with Crippen LogP contribution in [0.1, 0.15) is 26.2 Å². The molecule has 0 aromatic rings. The third kappa shape index (κ3) is 8.28. The van der Waals surface area contributed by atoms with E-state index in [0.717, 1.165) is 15.7 Å². The van der Waals surface area contributed by atoms with Crippen LogP contribution in [0.3, 0.4) is 0 Å². The second-order valence-corrected chi connectivity index (χ2v) is 5.20. The van der Waals surface area contributed by atoms with Gasteiger partial charge in [0.1, 0.15) is 0 Å². The predicted molar refractivity (Wildman–Crippen MR) is 68.3 cm³/mol. The Morgan fingerprint density at radius 1 is 1.43 bits per heavy atom. The van der Waals surface area contributed by atoms with Gasteiger partial charge in [0.15, 0.2) is 0 Å². The molecule has 0 aliphatic heterocycles. The van der Waals surface area contributed by atoms with E-state index in [9.17, 15) is 0 Å². The normalized spacial score (nSPS) is 11.0. The molecule has 0 N–H and O–H groups in total. The average Bonchev–Trinajstić information content (AvgIpc) is 2.20. The second-order valence-electron chi connectivity index (χ2n) is 2.75. The van der Waals surface area contributed by atoms with Crippen molar-refractivity contribution in [1.29, 1.82) is 5.26 Å². The quantitative estimate of drug-likeness (QED) is 0.353. The molecule has 0 bridgehead atoms. The number of nitrogens with zero attached hydrogens (tertiary/aromatic N) is 1. The van der Waals surface area contributed by atoms with Crippen molar-refractivity contribution < 1.29 is 0 Å². The molecule has 78 valence electrons. The number of hydrogen-bond acceptors (Lipinski definition) is 3. The lowest BCUT2D eigenvalue weighted by molar-refractivity contribution is 0.779. The van der Waals surface area contributed by atoms with Crippen LogP contribution in [0.15, 0.2) is 23.0 Å². The smallest absolute Gasteiger partial charge is 0.0929 e. The molecule has 1 nitrogen and oxygen atoms in total. The van der Waals surface area contributed by atoms with Crippen molar-refractivity contribution in [2.45, 2.75) is 26.2 Å². The summed E-state index contributed by atoms with van der Waals surface area (Å²) in [5, 5.41) is 8.56. The van der Waals surface area contributed by atoms with E-state index in [2.05, 4.69) is 19.6 Å². The van der Waals surface area contributed by atoms with Gasteiger partial charge in [0.25, 0.3) is 0 Å². The maximum Gasteiger partial charge on any atom is 0.0929 e. The number of hydrogen-bond donors (Lipinski definition) is 0. The Balaban J connectivity index is 3.69. The SMILES string of the molecule is C=CCSC(=CC#N)SCCCCC. The van der Waals surface area contributed by atoms with Crippen LogP contribution >= 0.6 is 23.5 Å². The summed E-state index contributed by atoms with van der Waals surface area (Å²) in [6.45, 7) is 5.86. The number of thioether (sulfide) groups is 2. The van der Waals surface area contributed by atoms with Crippen molar-refractivity contribution in [2.75, 3.05) is 11.5 Å². The molecule has 0 saturated carbocycles. The van der Waals surface area contributed by atoms with E-state index in [1.807, 2.05) is 6.08 Å². The Morgan fingerprint density at radius 3 is 2.79 bits per heavy atom. The molecule has 0 radical (unpaired) electrons. The van der Waals surface area contributed by atoms with Crippen LogP contribution in [0.5, 0.6) is 0 Å². The van der Waals surface area contributed by atoms with Gasteiger partial charge in [-0.3, -0.25) is 0 Å². The Hall–Kier alpha value is -0.330. The molecule has 0 spiro atoms. The fraction of sp³-hybridized carbons (Fsp3) is 0.545. The number of nitriles is 1. The van der Waals surface area contributed by atoms with Crippen LogP contribution < -0.4 is 0 Å². The van der Waals surface area contributed by atoms with Gasteiger partial charge in [0, 0.05) is 11.8 Å². The zero-order valence-electron chi connectivity index (χ0n) is 8.66. The van der Waals surface area contributed by atoms with E-state index in [4.69, 9.17) is 5.26 Å². The number of rotatable bonds is 8. The summed E-state index contributed by atoms with van der Waals surface area (Å²) in [5.74, 6) is 2.00. The summed E-state index contributed by atoms with van der Waals surface area (Å²) in [6.07, 6.45) is 7.25. The van der Waals surface area contributed by atoms with Gasteiger partial charge in [-0.2, -0.15) is 5.26 Å². The number of unbranched alkanes of at least 4 members (excludes halogenated alkanes) is 2. The third-order valence-corrected chi connectivity index (χ3v) is 3.93. The molecule has 0 aliphatic carbocycles. The molecule has 0 amide bonds. The molecule has 0 aromatic heterocycles. The monoisotopic (exact) mass is 227 g/mol. The van der Waals surface area contributed by atoms with E-state index in [-0.39, 0.29) is 0 Å². The van der Waals surface area contributed by atoms with Crippen LogP contribution in [0.2, 0.25) is 0 Å². The Labute approximate surface area is 95.6 Å². The maximum absolute atomic E-state index is 8.56. The molecule has 0 fully saturated rings. The van der Waals surface area contributed by atoms with Crippen LogP contribution in [-0.4, -0.2) is 11.5 Å². The highest BCUT2D eigenvalue weighted by Crippen LogP contribution is 2.28. The largest absolute Gasteiger partial charge is 0.193 e. The van der Waals surface area contributed by atoms with Gasteiger partial charge in [0.05, 0.1) is 10.3 Å². The molecule has 0 rings (SSSR count). The molecule has 0 aliphatic rings. The van der Waals surface area contributed by atoms with Crippen molar-refractivity contribution in [3.05, 3.63) is 23.0 Å². The van der Waals surface area contributed by atoms with E-state index in [0.29, 0.717) is 0 Å². The van der Waals surface area contributed by atoms with Crippen LogP contribution in [0.4, 0.5) is 0 Å². The van der Waals surface area contributed by atoms with Crippen molar-refractivity contribution in [3.63, 3.8) is 0 Å². The maximum atomic E-state index is 8.56. The Bertz CT molecular complexity index is 216. The minimum absolute atomic E-state index is 0.883. The molecule has 0 saturated heterocycles. The van der Waals surface area contributed by atoms with Crippen LogP contribution in [-0.2, 0) is 0 Å². The summed E-state index contributed by atoms with van der Waals surface area (Å²) >= 11 is 3.47. The lowest BCUT2D eigenvalue weighted by atomic mass is 10.3. The highest BCUT2D eigenvalue weighted by atomic mass is 32.2. The zero-order chi connectivity index (χ0) is 10.6. The van der Waals surface area contributed by atoms with Gasteiger partial charge >= 0.3 is 0 Å². The fourth-order valence-corrected chi connectivity index (χ4v) is 2.73. The topological polar surface area (TPSA) is 23.8 Å². The van der Waals surface area contributed by atoms with E-state index in [1.165, 1.54) is 19.3 Å². The summed E-state index contributed by atoms with van der Waals surface area (Å²) in [6, 6.07) is 2.08. The minimum Gasteiger partial charge on any atom is -0.193 e. The molecular formula is C11H17NS2. The Morgan fingerprint density at radius 2 is 2.21 bits per heavy atom.